The van der Waals surface area contributed by atoms with Gasteiger partial charge in [-0.3, -0.25) is 0 Å². The van der Waals surface area contributed by atoms with Gasteiger partial charge in [-0.05, 0) is 37.6 Å². The molecule has 21 heavy (non-hydrogen) atoms. The fourth-order valence-corrected chi connectivity index (χ4v) is 2.09. The molecule has 0 aliphatic rings. The third-order valence-electron chi connectivity index (χ3n) is 2.87. The molecule has 0 atom stereocenters. The fraction of sp³-hybridized carbons (Fsp3) is 0.333. The Hall–Kier alpha value is -1.66. The molecule has 0 amide bonds. The Morgan fingerprint density at radius 3 is 2.71 bits per heavy atom. The van der Waals surface area contributed by atoms with Gasteiger partial charge in [0.2, 0.25) is 5.95 Å². The van der Waals surface area contributed by atoms with Crippen LogP contribution in [0.4, 0.5) is 17.5 Å². The zero-order valence-corrected chi connectivity index (χ0v) is 14.0. The normalized spacial score (nSPS) is 10.5. The number of benzene rings is 1. The first kappa shape index (κ1) is 15.7. The van der Waals surface area contributed by atoms with Crippen LogP contribution in [0.2, 0.25) is 0 Å². The Balaban J connectivity index is 2.13. The topological polar surface area (TPSA) is 59.1 Å². The summed E-state index contributed by atoms with van der Waals surface area (Å²) in [5.41, 5.74) is 3.07. The number of ether oxygens (including phenoxy) is 1. The molecule has 0 bridgehead atoms. The quantitative estimate of drug-likeness (QED) is 0.778. The second-order valence-corrected chi connectivity index (χ2v) is 5.58. The van der Waals surface area contributed by atoms with E-state index in [0.29, 0.717) is 19.1 Å². The monoisotopic (exact) mass is 350 g/mol. The van der Waals surface area contributed by atoms with Gasteiger partial charge in [0.1, 0.15) is 5.82 Å². The zero-order chi connectivity index (χ0) is 15.2. The van der Waals surface area contributed by atoms with Crippen LogP contribution in [0.3, 0.4) is 0 Å². The molecule has 5 nitrogen and oxygen atoms in total. The summed E-state index contributed by atoms with van der Waals surface area (Å²) >= 11 is 3.50. The van der Waals surface area contributed by atoms with Crippen molar-refractivity contribution in [1.29, 1.82) is 0 Å². The van der Waals surface area contributed by atoms with E-state index < -0.39 is 0 Å². The molecule has 6 heteroatoms. The van der Waals surface area contributed by atoms with Crippen LogP contribution in [-0.2, 0) is 4.74 Å². The molecule has 1 aromatic heterocycles. The number of nitrogens with zero attached hydrogens (tertiary/aromatic N) is 2. The molecule has 112 valence electrons. The number of methoxy groups -OCH3 is 1. The number of aromatic nitrogens is 2. The van der Waals surface area contributed by atoms with Crippen molar-refractivity contribution >= 4 is 33.4 Å². The second-order valence-electron chi connectivity index (χ2n) is 4.73. The molecule has 1 aromatic carbocycles. The lowest BCUT2D eigenvalue weighted by molar-refractivity contribution is 0.210. The molecule has 0 radical (unpaired) electrons. The molecule has 2 rings (SSSR count). The molecule has 0 unspecified atom stereocenters. The molecule has 2 aromatic rings. The van der Waals surface area contributed by atoms with Crippen molar-refractivity contribution < 1.29 is 4.74 Å². The Morgan fingerprint density at radius 2 is 2.00 bits per heavy atom. The fourth-order valence-electron chi connectivity index (χ4n) is 1.85. The third kappa shape index (κ3) is 4.68. The highest BCUT2D eigenvalue weighted by Crippen LogP contribution is 2.22. The largest absolute Gasteiger partial charge is 0.383 e. The van der Waals surface area contributed by atoms with Crippen LogP contribution in [0.15, 0.2) is 28.7 Å². The molecule has 0 aliphatic carbocycles. The van der Waals surface area contributed by atoms with Crippen molar-refractivity contribution in [2.75, 3.05) is 30.9 Å². The van der Waals surface area contributed by atoms with Crippen LogP contribution in [0, 0.1) is 13.8 Å². The summed E-state index contributed by atoms with van der Waals surface area (Å²) in [6.45, 7) is 5.29. The number of halogens is 1. The summed E-state index contributed by atoms with van der Waals surface area (Å²) < 4.78 is 6.10. The van der Waals surface area contributed by atoms with Gasteiger partial charge in [0.25, 0.3) is 0 Å². The van der Waals surface area contributed by atoms with Gasteiger partial charge < -0.3 is 15.4 Å². The van der Waals surface area contributed by atoms with E-state index in [0.717, 1.165) is 21.7 Å². The second kappa shape index (κ2) is 7.38. The molecular formula is C15H19BrN4O. The number of rotatable bonds is 6. The minimum Gasteiger partial charge on any atom is -0.383 e. The molecular weight excluding hydrogens is 332 g/mol. The standard InChI is InChI=1S/C15H19BrN4O/c1-10-8-12(4-5-13(10)16)19-14-9-11(2)18-15(20-14)17-6-7-21-3/h4-5,8-9H,6-7H2,1-3H3,(H2,17,18,19,20). The van der Waals surface area contributed by atoms with Gasteiger partial charge in [-0.15, -0.1) is 0 Å². The molecule has 0 saturated carbocycles. The summed E-state index contributed by atoms with van der Waals surface area (Å²) in [6.07, 6.45) is 0. The Labute approximate surface area is 133 Å². The van der Waals surface area contributed by atoms with Gasteiger partial charge in [0, 0.05) is 35.6 Å². The van der Waals surface area contributed by atoms with E-state index in [4.69, 9.17) is 4.74 Å². The number of hydrogen-bond donors (Lipinski definition) is 2. The number of anilines is 3. The lowest BCUT2D eigenvalue weighted by atomic mass is 10.2. The number of aryl methyl sites for hydroxylation is 2. The lowest BCUT2D eigenvalue weighted by Crippen LogP contribution is -2.11. The van der Waals surface area contributed by atoms with E-state index in [-0.39, 0.29) is 0 Å². The molecule has 0 aliphatic heterocycles. The van der Waals surface area contributed by atoms with Crippen LogP contribution in [0.25, 0.3) is 0 Å². The van der Waals surface area contributed by atoms with Gasteiger partial charge in [-0.2, -0.15) is 4.98 Å². The molecule has 2 N–H and O–H groups in total. The van der Waals surface area contributed by atoms with Gasteiger partial charge in [0.05, 0.1) is 6.61 Å². The van der Waals surface area contributed by atoms with Crippen molar-refractivity contribution in [3.8, 4) is 0 Å². The molecule has 0 spiro atoms. The first-order chi connectivity index (χ1) is 10.1. The zero-order valence-electron chi connectivity index (χ0n) is 12.4. The predicted molar refractivity (Wildman–Crippen MR) is 89.3 cm³/mol. The van der Waals surface area contributed by atoms with Crippen molar-refractivity contribution in [1.82, 2.24) is 9.97 Å². The summed E-state index contributed by atoms with van der Waals surface area (Å²) in [7, 11) is 1.67. The van der Waals surface area contributed by atoms with Crippen LogP contribution in [-0.4, -0.2) is 30.2 Å². The van der Waals surface area contributed by atoms with Crippen molar-refractivity contribution in [3.05, 3.63) is 40.0 Å². The molecule has 0 saturated heterocycles. The van der Waals surface area contributed by atoms with Crippen molar-refractivity contribution in [2.24, 2.45) is 0 Å². The molecule has 0 fully saturated rings. The first-order valence-corrected chi connectivity index (χ1v) is 7.49. The highest BCUT2D eigenvalue weighted by Gasteiger charge is 2.03. The van der Waals surface area contributed by atoms with E-state index in [2.05, 4.69) is 49.5 Å². The smallest absolute Gasteiger partial charge is 0.224 e. The average Bonchev–Trinajstić information content (AvgIpc) is 2.43. The van der Waals surface area contributed by atoms with Gasteiger partial charge in [-0.1, -0.05) is 15.9 Å². The highest BCUT2D eigenvalue weighted by molar-refractivity contribution is 9.10. The van der Waals surface area contributed by atoms with E-state index in [9.17, 15) is 0 Å². The third-order valence-corrected chi connectivity index (χ3v) is 3.76. The maximum atomic E-state index is 5.01. The van der Waals surface area contributed by atoms with E-state index >= 15 is 0 Å². The van der Waals surface area contributed by atoms with Crippen LogP contribution in [0.5, 0.6) is 0 Å². The van der Waals surface area contributed by atoms with Crippen LogP contribution in [0.1, 0.15) is 11.3 Å². The van der Waals surface area contributed by atoms with Crippen LogP contribution < -0.4 is 10.6 Å². The Kier molecular flexibility index (Phi) is 5.52. The maximum Gasteiger partial charge on any atom is 0.224 e. The van der Waals surface area contributed by atoms with E-state index in [1.165, 1.54) is 5.56 Å². The summed E-state index contributed by atoms with van der Waals surface area (Å²) in [5.74, 6) is 1.37. The average molecular weight is 351 g/mol. The minimum absolute atomic E-state index is 0.600. The predicted octanol–water partition coefficient (Wildman–Crippen LogP) is 3.66. The van der Waals surface area contributed by atoms with Crippen LogP contribution >= 0.6 is 15.9 Å². The van der Waals surface area contributed by atoms with Gasteiger partial charge >= 0.3 is 0 Å². The molecule has 1 heterocycles. The first-order valence-electron chi connectivity index (χ1n) is 6.70. The Bertz CT molecular complexity index is 619. The number of nitrogens with one attached hydrogen (secondary N) is 2. The highest BCUT2D eigenvalue weighted by atomic mass is 79.9. The van der Waals surface area contributed by atoms with Crippen molar-refractivity contribution in [3.63, 3.8) is 0 Å². The Morgan fingerprint density at radius 1 is 1.19 bits per heavy atom. The summed E-state index contributed by atoms with van der Waals surface area (Å²) in [4.78, 5) is 8.81. The van der Waals surface area contributed by atoms with E-state index in [1.54, 1.807) is 7.11 Å². The van der Waals surface area contributed by atoms with Gasteiger partial charge in [0.15, 0.2) is 0 Å². The van der Waals surface area contributed by atoms with Crippen molar-refractivity contribution in [2.45, 2.75) is 13.8 Å². The number of hydrogen-bond acceptors (Lipinski definition) is 5. The summed E-state index contributed by atoms with van der Waals surface area (Å²) in [5, 5.41) is 6.44. The maximum absolute atomic E-state index is 5.01. The van der Waals surface area contributed by atoms with Gasteiger partial charge in [-0.25, -0.2) is 4.98 Å². The van der Waals surface area contributed by atoms with E-state index in [1.807, 2.05) is 25.1 Å². The lowest BCUT2D eigenvalue weighted by Gasteiger charge is -2.10. The summed E-state index contributed by atoms with van der Waals surface area (Å²) in [6, 6.07) is 8.01. The SMILES string of the molecule is COCCNc1nc(C)cc(Nc2ccc(Br)c(C)c2)n1. The minimum atomic E-state index is 0.600.